The second kappa shape index (κ2) is 6.55. The smallest absolute Gasteiger partial charge is 0.284 e. The standard InChI is InChI=1S/C14H12N2O6/c1-21-10-2-5-11(12(8-10)16(19)20)13-6-3-9(22-13)4-7-14(17)15-18/h2-8,18H,1H3,(H,15,17)/b7-4+. The zero-order valence-corrected chi connectivity index (χ0v) is 11.5. The molecule has 0 aliphatic rings. The molecule has 1 aromatic heterocycles. The molecule has 114 valence electrons. The molecule has 0 bridgehead atoms. The lowest BCUT2D eigenvalue weighted by Crippen LogP contribution is -2.14. The molecular weight excluding hydrogens is 292 g/mol. The van der Waals surface area contributed by atoms with E-state index in [1.54, 1.807) is 18.2 Å². The Labute approximate surface area is 124 Å². The first-order chi connectivity index (χ1) is 10.5. The summed E-state index contributed by atoms with van der Waals surface area (Å²) in [6, 6.07) is 7.49. The molecule has 1 aromatic carbocycles. The van der Waals surface area contributed by atoms with Crippen molar-refractivity contribution >= 4 is 17.7 Å². The van der Waals surface area contributed by atoms with Gasteiger partial charge in [0.05, 0.1) is 23.7 Å². The molecule has 0 saturated carbocycles. The number of nitro groups is 1. The number of methoxy groups -OCH3 is 1. The summed E-state index contributed by atoms with van der Waals surface area (Å²) >= 11 is 0. The molecule has 0 spiro atoms. The fourth-order valence-corrected chi connectivity index (χ4v) is 1.78. The van der Waals surface area contributed by atoms with Crippen LogP contribution in [0.15, 0.2) is 40.8 Å². The van der Waals surface area contributed by atoms with Crippen LogP contribution >= 0.6 is 0 Å². The SMILES string of the molecule is COc1ccc(-c2ccc(/C=C/C(=O)NO)o2)c([N+](=O)[O-])c1. The number of ether oxygens (including phenoxy) is 1. The zero-order valence-electron chi connectivity index (χ0n) is 11.5. The third-order valence-corrected chi connectivity index (χ3v) is 2.80. The lowest BCUT2D eigenvalue weighted by Gasteiger charge is -2.03. The lowest BCUT2D eigenvalue weighted by molar-refractivity contribution is -0.384. The number of nitrogens with one attached hydrogen (secondary N) is 1. The van der Waals surface area contributed by atoms with Crippen molar-refractivity contribution in [2.45, 2.75) is 0 Å². The van der Waals surface area contributed by atoms with Gasteiger partial charge in [-0.2, -0.15) is 0 Å². The summed E-state index contributed by atoms with van der Waals surface area (Å²) < 4.78 is 10.4. The van der Waals surface area contributed by atoms with E-state index in [4.69, 9.17) is 14.4 Å². The van der Waals surface area contributed by atoms with Gasteiger partial charge < -0.3 is 9.15 Å². The summed E-state index contributed by atoms with van der Waals surface area (Å²) in [6.45, 7) is 0. The zero-order chi connectivity index (χ0) is 16.1. The third kappa shape index (κ3) is 3.30. The first-order valence-electron chi connectivity index (χ1n) is 6.10. The minimum Gasteiger partial charge on any atom is -0.497 e. The van der Waals surface area contributed by atoms with E-state index in [2.05, 4.69) is 0 Å². The van der Waals surface area contributed by atoms with Crippen LogP contribution in [0.2, 0.25) is 0 Å². The summed E-state index contributed by atoms with van der Waals surface area (Å²) in [5.41, 5.74) is 1.57. The molecule has 0 radical (unpaired) electrons. The third-order valence-electron chi connectivity index (χ3n) is 2.80. The largest absolute Gasteiger partial charge is 0.497 e. The number of rotatable bonds is 5. The molecule has 2 N–H and O–H groups in total. The van der Waals surface area contributed by atoms with Crippen molar-refractivity contribution in [3.8, 4) is 17.1 Å². The maximum absolute atomic E-state index is 11.1. The maximum atomic E-state index is 11.1. The van der Waals surface area contributed by atoms with Crippen LogP contribution in [0.25, 0.3) is 17.4 Å². The number of benzene rings is 1. The molecule has 2 aromatic rings. The Morgan fingerprint density at radius 2 is 2.18 bits per heavy atom. The number of furan rings is 1. The van der Waals surface area contributed by atoms with Crippen LogP contribution in [-0.2, 0) is 4.79 Å². The van der Waals surface area contributed by atoms with E-state index in [-0.39, 0.29) is 17.0 Å². The van der Waals surface area contributed by atoms with Gasteiger partial charge >= 0.3 is 0 Å². The van der Waals surface area contributed by atoms with Gasteiger partial charge in [-0.15, -0.1) is 0 Å². The number of hydroxylamine groups is 1. The number of carbonyl (C=O) groups excluding carboxylic acids is 1. The van der Waals surface area contributed by atoms with Crippen molar-refractivity contribution in [2.75, 3.05) is 7.11 Å². The van der Waals surface area contributed by atoms with E-state index in [9.17, 15) is 14.9 Å². The molecule has 8 heteroatoms. The van der Waals surface area contributed by atoms with Crippen LogP contribution in [0, 0.1) is 10.1 Å². The van der Waals surface area contributed by atoms with E-state index in [0.29, 0.717) is 11.5 Å². The Morgan fingerprint density at radius 1 is 1.41 bits per heavy atom. The number of hydrogen-bond acceptors (Lipinski definition) is 6. The summed E-state index contributed by atoms with van der Waals surface area (Å²) in [4.78, 5) is 21.5. The first kappa shape index (κ1) is 15.3. The number of hydrogen-bond donors (Lipinski definition) is 2. The molecule has 0 aliphatic carbocycles. The molecule has 0 fully saturated rings. The minimum absolute atomic E-state index is 0.155. The van der Waals surface area contributed by atoms with E-state index < -0.39 is 10.8 Å². The van der Waals surface area contributed by atoms with Gasteiger partial charge in [0.1, 0.15) is 17.3 Å². The second-order valence-corrected chi connectivity index (χ2v) is 4.15. The second-order valence-electron chi connectivity index (χ2n) is 4.15. The van der Waals surface area contributed by atoms with Gasteiger partial charge in [-0.05, 0) is 30.3 Å². The average Bonchev–Trinajstić information content (AvgIpc) is 3.00. The van der Waals surface area contributed by atoms with Crippen molar-refractivity contribution in [1.82, 2.24) is 5.48 Å². The van der Waals surface area contributed by atoms with Crippen LogP contribution in [0.3, 0.4) is 0 Å². The Morgan fingerprint density at radius 3 is 2.82 bits per heavy atom. The topological polar surface area (TPSA) is 115 Å². The van der Waals surface area contributed by atoms with Gasteiger partial charge in [0, 0.05) is 6.08 Å². The highest BCUT2D eigenvalue weighted by Gasteiger charge is 2.19. The molecule has 0 unspecified atom stereocenters. The quantitative estimate of drug-likeness (QED) is 0.379. The van der Waals surface area contributed by atoms with Gasteiger partial charge in [0.25, 0.3) is 11.6 Å². The molecular formula is C14H12N2O6. The monoisotopic (exact) mass is 304 g/mol. The van der Waals surface area contributed by atoms with E-state index in [1.807, 2.05) is 0 Å². The van der Waals surface area contributed by atoms with Crippen molar-refractivity contribution in [2.24, 2.45) is 0 Å². The van der Waals surface area contributed by atoms with Crippen LogP contribution in [0.5, 0.6) is 5.75 Å². The predicted molar refractivity (Wildman–Crippen MR) is 76.3 cm³/mol. The van der Waals surface area contributed by atoms with Gasteiger partial charge in [-0.3, -0.25) is 20.1 Å². The molecule has 8 nitrogen and oxygen atoms in total. The Bertz CT molecular complexity index is 735. The summed E-state index contributed by atoms with van der Waals surface area (Å²) in [6.07, 6.45) is 2.38. The number of carbonyl (C=O) groups is 1. The Hall–Kier alpha value is -3.13. The molecule has 1 amide bonds. The molecule has 0 aliphatic heterocycles. The first-order valence-corrected chi connectivity index (χ1v) is 6.10. The van der Waals surface area contributed by atoms with E-state index in [0.717, 1.165) is 6.08 Å². The normalized spacial score (nSPS) is 10.6. The van der Waals surface area contributed by atoms with Gasteiger partial charge in [-0.25, -0.2) is 5.48 Å². The molecule has 0 atom stereocenters. The molecule has 1 heterocycles. The average molecular weight is 304 g/mol. The van der Waals surface area contributed by atoms with Gasteiger partial charge in [-0.1, -0.05) is 0 Å². The van der Waals surface area contributed by atoms with Crippen molar-refractivity contribution in [3.63, 3.8) is 0 Å². The van der Waals surface area contributed by atoms with Gasteiger partial charge in [0.15, 0.2) is 0 Å². The van der Waals surface area contributed by atoms with Crippen molar-refractivity contribution in [1.29, 1.82) is 0 Å². The summed E-state index contributed by atoms with van der Waals surface area (Å²) in [7, 11) is 1.42. The highest BCUT2D eigenvalue weighted by molar-refractivity contribution is 5.90. The summed E-state index contributed by atoms with van der Waals surface area (Å²) in [5, 5.41) is 19.5. The minimum atomic E-state index is -0.714. The van der Waals surface area contributed by atoms with Gasteiger partial charge in [0.2, 0.25) is 0 Å². The molecule has 22 heavy (non-hydrogen) atoms. The fourth-order valence-electron chi connectivity index (χ4n) is 1.78. The van der Waals surface area contributed by atoms with Crippen LogP contribution in [0.1, 0.15) is 5.76 Å². The molecule has 0 saturated heterocycles. The lowest BCUT2D eigenvalue weighted by atomic mass is 10.1. The number of nitrogens with zero attached hydrogens (tertiary/aromatic N) is 1. The fraction of sp³-hybridized carbons (Fsp3) is 0.0714. The number of amides is 1. The maximum Gasteiger partial charge on any atom is 0.284 e. The highest BCUT2D eigenvalue weighted by Crippen LogP contribution is 2.34. The Balaban J connectivity index is 2.36. The summed E-state index contributed by atoms with van der Waals surface area (Å²) in [5.74, 6) is 0.234. The van der Waals surface area contributed by atoms with Crippen molar-refractivity contribution < 1.29 is 24.1 Å². The van der Waals surface area contributed by atoms with Crippen LogP contribution < -0.4 is 10.2 Å². The van der Waals surface area contributed by atoms with E-state index >= 15 is 0 Å². The van der Waals surface area contributed by atoms with E-state index in [1.165, 1.54) is 30.8 Å². The van der Waals surface area contributed by atoms with Crippen molar-refractivity contribution in [3.05, 3.63) is 52.3 Å². The predicted octanol–water partition coefficient (Wildman–Crippen LogP) is 2.38. The van der Waals surface area contributed by atoms with Crippen LogP contribution in [-0.4, -0.2) is 23.1 Å². The Kier molecular flexibility index (Phi) is 4.54. The highest BCUT2D eigenvalue weighted by atomic mass is 16.6. The molecule has 2 rings (SSSR count). The number of nitro benzene ring substituents is 1. The van der Waals surface area contributed by atoms with Crippen LogP contribution in [0.4, 0.5) is 5.69 Å².